The van der Waals surface area contributed by atoms with Crippen molar-refractivity contribution < 1.29 is 9.32 Å². The number of H-pyrrole nitrogens is 1. The Hall–Kier alpha value is -2.67. The van der Waals surface area contributed by atoms with Crippen LogP contribution in [0.15, 0.2) is 27.3 Å². The molecule has 4 rings (SSSR count). The van der Waals surface area contributed by atoms with E-state index in [0.717, 1.165) is 25.0 Å². The van der Waals surface area contributed by atoms with Crippen LogP contribution in [0.1, 0.15) is 47.3 Å². The number of hydrazone groups is 1. The number of nitrogens with one attached hydrogen (secondary N) is 2. The first-order valence-electron chi connectivity index (χ1n) is 8.45. The minimum atomic E-state index is -0.229. The second-order valence-electron chi connectivity index (χ2n) is 6.81. The number of fused-ring (bicyclic) bond motifs is 1. The molecule has 0 fully saturated rings. The Bertz CT molecular complexity index is 887. The highest BCUT2D eigenvalue weighted by atomic mass is 16.5. The first-order chi connectivity index (χ1) is 12.0. The van der Waals surface area contributed by atoms with Crippen molar-refractivity contribution in [2.75, 3.05) is 14.1 Å². The van der Waals surface area contributed by atoms with Gasteiger partial charge in [-0.25, -0.2) is 5.43 Å². The Morgan fingerprint density at radius 1 is 1.36 bits per heavy atom. The Morgan fingerprint density at radius 3 is 2.92 bits per heavy atom. The van der Waals surface area contributed by atoms with Crippen LogP contribution in [0.4, 0.5) is 0 Å². The normalized spacial score (nSPS) is 21.6. The van der Waals surface area contributed by atoms with Crippen LogP contribution in [0.5, 0.6) is 0 Å². The highest BCUT2D eigenvalue weighted by Crippen LogP contribution is 2.34. The van der Waals surface area contributed by atoms with Gasteiger partial charge in [-0.15, -0.1) is 0 Å². The molecule has 1 aliphatic carbocycles. The van der Waals surface area contributed by atoms with Gasteiger partial charge in [0.25, 0.3) is 5.91 Å². The summed E-state index contributed by atoms with van der Waals surface area (Å²) in [5.74, 6) is 0.452. The lowest BCUT2D eigenvalue weighted by molar-refractivity contribution is -0.116. The Balaban J connectivity index is 1.70. The number of rotatable bonds is 3. The van der Waals surface area contributed by atoms with Gasteiger partial charge in [0.15, 0.2) is 0 Å². The summed E-state index contributed by atoms with van der Waals surface area (Å²) in [7, 11) is 4.21. The van der Waals surface area contributed by atoms with Gasteiger partial charge < -0.3 is 14.4 Å². The van der Waals surface area contributed by atoms with Crippen LogP contribution in [0.3, 0.4) is 0 Å². The van der Waals surface area contributed by atoms with Crippen molar-refractivity contribution in [2.24, 2.45) is 5.10 Å². The molecule has 0 saturated heterocycles. The highest BCUT2D eigenvalue weighted by molar-refractivity contribution is 6.32. The van der Waals surface area contributed by atoms with Crippen LogP contribution in [0, 0.1) is 6.92 Å². The number of carbonyl (C=O) groups is 1. The summed E-state index contributed by atoms with van der Waals surface area (Å²) in [5, 5.41) is 8.08. The van der Waals surface area contributed by atoms with Gasteiger partial charge in [-0.1, -0.05) is 5.16 Å². The molecule has 7 heteroatoms. The molecule has 130 valence electrons. The van der Waals surface area contributed by atoms with Crippen molar-refractivity contribution in [3.05, 3.63) is 46.1 Å². The zero-order valence-corrected chi connectivity index (χ0v) is 14.6. The molecule has 1 unspecified atom stereocenters. The SMILES string of the molecule is Cc1cc(C2=NNC(=O)/C2=C\c2cc3c([nH]2)CCCC3N(C)C)no1. The third-order valence-corrected chi connectivity index (χ3v) is 4.78. The van der Waals surface area contributed by atoms with E-state index < -0.39 is 0 Å². The Labute approximate surface area is 145 Å². The second-order valence-corrected chi connectivity index (χ2v) is 6.81. The molecule has 7 nitrogen and oxygen atoms in total. The van der Waals surface area contributed by atoms with Gasteiger partial charge in [-0.3, -0.25) is 4.79 Å². The van der Waals surface area contributed by atoms with Gasteiger partial charge in [-0.2, -0.15) is 5.10 Å². The smallest absolute Gasteiger partial charge is 0.273 e. The summed E-state index contributed by atoms with van der Waals surface area (Å²) >= 11 is 0. The molecule has 0 saturated carbocycles. The summed E-state index contributed by atoms with van der Waals surface area (Å²) < 4.78 is 5.11. The van der Waals surface area contributed by atoms with Crippen LogP contribution >= 0.6 is 0 Å². The maximum absolute atomic E-state index is 12.2. The Morgan fingerprint density at radius 2 is 2.20 bits per heavy atom. The molecule has 1 atom stereocenters. The van der Waals surface area contributed by atoms with Gasteiger partial charge in [0.05, 0.1) is 5.57 Å². The first-order valence-corrected chi connectivity index (χ1v) is 8.45. The topological polar surface area (TPSA) is 86.5 Å². The van der Waals surface area contributed by atoms with Crippen molar-refractivity contribution in [1.29, 1.82) is 0 Å². The minimum Gasteiger partial charge on any atom is -0.361 e. The molecule has 3 heterocycles. The van der Waals surface area contributed by atoms with Crippen LogP contribution in [-0.2, 0) is 11.2 Å². The molecule has 0 aromatic carbocycles. The van der Waals surface area contributed by atoms with E-state index in [2.05, 4.69) is 45.7 Å². The largest absolute Gasteiger partial charge is 0.361 e. The van der Waals surface area contributed by atoms with Crippen molar-refractivity contribution in [1.82, 2.24) is 20.5 Å². The molecular formula is C18H21N5O2. The van der Waals surface area contributed by atoms with Crippen LogP contribution in [0.25, 0.3) is 6.08 Å². The Kier molecular flexibility index (Phi) is 3.80. The van der Waals surface area contributed by atoms with E-state index in [1.807, 2.05) is 13.0 Å². The number of hydrogen-bond acceptors (Lipinski definition) is 5. The number of amides is 1. The average molecular weight is 339 g/mol. The van der Waals surface area contributed by atoms with E-state index in [9.17, 15) is 4.79 Å². The monoisotopic (exact) mass is 339 g/mol. The van der Waals surface area contributed by atoms with Gasteiger partial charge in [0.1, 0.15) is 17.2 Å². The zero-order valence-electron chi connectivity index (χ0n) is 14.6. The van der Waals surface area contributed by atoms with E-state index in [0.29, 0.717) is 28.8 Å². The van der Waals surface area contributed by atoms with Crippen LogP contribution < -0.4 is 5.43 Å². The summed E-state index contributed by atoms with van der Waals surface area (Å²) in [5.41, 5.74) is 7.57. The lowest BCUT2D eigenvalue weighted by atomic mass is 9.92. The van der Waals surface area contributed by atoms with E-state index in [1.165, 1.54) is 11.3 Å². The summed E-state index contributed by atoms with van der Waals surface area (Å²) in [6.07, 6.45) is 5.20. The highest BCUT2D eigenvalue weighted by Gasteiger charge is 2.28. The predicted octanol–water partition coefficient (Wildman–Crippen LogP) is 2.17. The van der Waals surface area contributed by atoms with E-state index in [-0.39, 0.29) is 5.91 Å². The molecule has 1 amide bonds. The number of aromatic nitrogens is 2. The number of aromatic amines is 1. The summed E-state index contributed by atoms with van der Waals surface area (Å²) in [4.78, 5) is 17.9. The fourth-order valence-electron chi connectivity index (χ4n) is 3.58. The molecule has 2 aromatic rings. The fraction of sp³-hybridized carbons (Fsp3) is 0.389. The predicted molar refractivity (Wildman–Crippen MR) is 94.1 cm³/mol. The second kappa shape index (κ2) is 6.00. The maximum atomic E-state index is 12.2. The summed E-state index contributed by atoms with van der Waals surface area (Å²) in [6, 6.07) is 4.33. The van der Waals surface area contributed by atoms with Crippen molar-refractivity contribution in [3.63, 3.8) is 0 Å². The molecule has 2 N–H and O–H groups in total. The van der Waals surface area contributed by atoms with E-state index in [4.69, 9.17) is 4.52 Å². The van der Waals surface area contributed by atoms with Crippen LogP contribution in [-0.4, -0.2) is 40.8 Å². The lowest BCUT2D eigenvalue weighted by Crippen LogP contribution is -2.23. The lowest BCUT2D eigenvalue weighted by Gasteiger charge is -2.28. The number of nitrogens with zero attached hydrogens (tertiary/aromatic N) is 3. The molecule has 1 aliphatic heterocycles. The molecule has 25 heavy (non-hydrogen) atoms. The van der Waals surface area contributed by atoms with E-state index >= 15 is 0 Å². The third kappa shape index (κ3) is 2.80. The zero-order chi connectivity index (χ0) is 17.6. The molecule has 0 bridgehead atoms. The third-order valence-electron chi connectivity index (χ3n) is 4.78. The quantitative estimate of drug-likeness (QED) is 0.839. The molecule has 2 aromatic heterocycles. The number of carbonyl (C=O) groups excluding carboxylic acids is 1. The first kappa shape index (κ1) is 15.8. The molecule has 0 radical (unpaired) electrons. The molecule has 2 aliphatic rings. The van der Waals surface area contributed by atoms with Crippen molar-refractivity contribution >= 4 is 17.7 Å². The van der Waals surface area contributed by atoms with Crippen molar-refractivity contribution in [2.45, 2.75) is 32.2 Å². The van der Waals surface area contributed by atoms with Gasteiger partial charge in [-0.05, 0) is 58.0 Å². The van der Waals surface area contributed by atoms with Gasteiger partial charge >= 0.3 is 0 Å². The molecular weight excluding hydrogens is 318 g/mol. The van der Waals surface area contributed by atoms with Crippen LogP contribution in [0.2, 0.25) is 0 Å². The van der Waals surface area contributed by atoms with Crippen molar-refractivity contribution in [3.8, 4) is 0 Å². The maximum Gasteiger partial charge on any atom is 0.273 e. The van der Waals surface area contributed by atoms with E-state index in [1.54, 1.807) is 6.07 Å². The van der Waals surface area contributed by atoms with Gasteiger partial charge in [0, 0.05) is 23.5 Å². The van der Waals surface area contributed by atoms with Gasteiger partial charge in [0.2, 0.25) is 0 Å². The number of aryl methyl sites for hydroxylation is 2. The minimum absolute atomic E-state index is 0.229. The standard InChI is InChI=1S/C18H21N5O2/c1-10-7-15(22-25-10)17-13(18(24)21-20-17)9-11-8-12-14(19-11)5-4-6-16(12)23(2)3/h7-9,16,19H,4-6H2,1-3H3,(H,21,24)/b13-9-. The fourth-order valence-corrected chi connectivity index (χ4v) is 3.58. The number of hydrogen-bond donors (Lipinski definition) is 2. The average Bonchev–Trinajstić information content (AvgIpc) is 3.26. The summed E-state index contributed by atoms with van der Waals surface area (Å²) in [6.45, 7) is 1.81. The molecule has 0 spiro atoms.